The van der Waals surface area contributed by atoms with Gasteiger partial charge in [0.05, 0.1) is 12.5 Å². The molecule has 150 valence electrons. The van der Waals surface area contributed by atoms with Crippen molar-refractivity contribution in [3.05, 3.63) is 12.2 Å². The Kier molecular flexibility index (Phi) is 4.29. The molecule has 4 rings (SSSR count). The molecule has 2 bridgehead atoms. The first-order valence-corrected chi connectivity index (χ1v) is 10.6. The predicted molar refractivity (Wildman–Crippen MR) is 103 cm³/mol. The molecule has 4 saturated carbocycles. The van der Waals surface area contributed by atoms with Crippen LogP contribution < -0.4 is 0 Å². The van der Waals surface area contributed by atoms with Crippen LogP contribution in [-0.2, 0) is 19.1 Å². The number of hydrogen-bond donors (Lipinski definition) is 0. The molecule has 4 aliphatic rings. The van der Waals surface area contributed by atoms with Crippen molar-refractivity contribution < 1.29 is 19.1 Å². The lowest BCUT2D eigenvalue weighted by atomic mass is 9.41. The number of carbonyl (C=O) groups excluding carboxylic acids is 2. The normalized spacial score (nSPS) is 48.4. The number of rotatable bonds is 2. The highest BCUT2D eigenvalue weighted by atomic mass is 16.5. The van der Waals surface area contributed by atoms with Crippen molar-refractivity contribution in [2.45, 2.75) is 78.2 Å². The van der Waals surface area contributed by atoms with Crippen LogP contribution in [0, 0.1) is 34.0 Å². The van der Waals surface area contributed by atoms with Gasteiger partial charge >= 0.3 is 11.9 Å². The molecule has 0 aromatic rings. The largest absolute Gasteiger partial charge is 0.469 e. The van der Waals surface area contributed by atoms with Gasteiger partial charge in [0.25, 0.3) is 0 Å². The summed E-state index contributed by atoms with van der Waals surface area (Å²) in [5.74, 6) is 0.905. The molecule has 27 heavy (non-hydrogen) atoms. The fraction of sp³-hybridized carbons (Fsp3) is 0.826. The van der Waals surface area contributed by atoms with E-state index in [1.807, 2.05) is 0 Å². The molecule has 1 spiro atoms. The third-order valence-corrected chi connectivity index (χ3v) is 9.06. The summed E-state index contributed by atoms with van der Waals surface area (Å²) in [7, 11) is 1.52. The van der Waals surface area contributed by atoms with Crippen LogP contribution in [-0.4, -0.2) is 25.2 Å². The van der Waals surface area contributed by atoms with Gasteiger partial charge < -0.3 is 9.47 Å². The second-order valence-electron chi connectivity index (χ2n) is 10.3. The van der Waals surface area contributed by atoms with Gasteiger partial charge in [-0.2, -0.15) is 0 Å². The highest BCUT2D eigenvalue weighted by Crippen LogP contribution is 2.72. The van der Waals surface area contributed by atoms with Gasteiger partial charge in [0.2, 0.25) is 0 Å². The van der Waals surface area contributed by atoms with E-state index in [0.717, 1.165) is 51.4 Å². The topological polar surface area (TPSA) is 52.6 Å². The summed E-state index contributed by atoms with van der Waals surface area (Å²) in [6.07, 6.45) is 8.44. The monoisotopic (exact) mass is 374 g/mol. The van der Waals surface area contributed by atoms with Crippen LogP contribution in [0.2, 0.25) is 0 Å². The lowest BCUT2D eigenvalue weighted by Crippen LogP contribution is -2.59. The molecule has 0 radical (unpaired) electrons. The first kappa shape index (κ1) is 19.0. The third-order valence-electron chi connectivity index (χ3n) is 9.06. The minimum absolute atomic E-state index is 0.0440. The van der Waals surface area contributed by atoms with Crippen molar-refractivity contribution in [2.75, 3.05) is 7.11 Å². The third kappa shape index (κ3) is 2.54. The van der Waals surface area contributed by atoms with E-state index >= 15 is 0 Å². The first-order valence-electron chi connectivity index (χ1n) is 10.6. The quantitative estimate of drug-likeness (QED) is 0.521. The molecule has 0 N–H and O–H groups in total. The van der Waals surface area contributed by atoms with Crippen LogP contribution in [0.3, 0.4) is 0 Å². The fourth-order valence-corrected chi connectivity index (χ4v) is 8.11. The molecule has 7 atom stereocenters. The van der Waals surface area contributed by atoms with E-state index in [9.17, 15) is 9.59 Å². The maximum absolute atomic E-state index is 12.8. The lowest BCUT2D eigenvalue weighted by Gasteiger charge is -2.63. The van der Waals surface area contributed by atoms with Gasteiger partial charge in [0.15, 0.2) is 0 Å². The molecule has 4 aliphatic carbocycles. The molecule has 0 saturated heterocycles. The van der Waals surface area contributed by atoms with Crippen LogP contribution in [0.1, 0.15) is 72.1 Å². The second-order valence-corrected chi connectivity index (χ2v) is 10.3. The van der Waals surface area contributed by atoms with Crippen molar-refractivity contribution in [3.8, 4) is 0 Å². The average Bonchev–Trinajstić information content (AvgIpc) is 2.87. The number of fused-ring (bicyclic) bond motifs is 3. The Hall–Kier alpha value is -1.32. The standard InChI is InChI=1S/C23H34O4/c1-14-12-23-10-7-18-21(3,8-6-9-22(18,4)20(25)26-5)19(23)11-17(16(14)13-23)27-15(2)24/h16-19H,1,6-13H2,2-5H3/t16-,17-,18-,19-,21+,22+,23+/m0/s1. The van der Waals surface area contributed by atoms with Crippen LogP contribution >= 0.6 is 0 Å². The van der Waals surface area contributed by atoms with Crippen molar-refractivity contribution in [1.82, 2.24) is 0 Å². The Morgan fingerprint density at radius 3 is 2.56 bits per heavy atom. The van der Waals surface area contributed by atoms with E-state index in [2.05, 4.69) is 20.4 Å². The Labute approximate surface area is 163 Å². The summed E-state index contributed by atoms with van der Waals surface area (Å²) < 4.78 is 11.0. The summed E-state index contributed by atoms with van der Waals surface area (Å²) in [6.45, 7) is 10.4. The van der Waals surface area contributed by atoms with E-state index in [1.54, 1.807) is 0 Å². The molecule has 0 aromatic heterocycles. The van der Waals surface area contributed by atoms with Crippen molar-refractivity contribution >= 4 is 11.9 Å². The number of methoxy groups -OCH3 is 1. The van der Waals surface area contributed by atoms with Crippen molar-refractivity contribution in [3.63, 3.8) is 0 Å². The summed E-state index contributed by atoms with van der Waals surface area (Å²) >= 11 is 0. The number of esters is 2. The van der Waals surface area contributed by atoms with Crippen molar-refractivity contribution in [1.29, 1.82) is 0 Å². The zero-order chi connectivity index (χ0) is 19.6. The van der Waals surface area contributed by atoms with Crippen LogP contribution in [0.15, 0.2) is 12.2 Å². The Bertz CT molecular complexity index is 684. The Morgan fingerprint density at radius 1 is 1.15 bits per heavy atom. The van der Waals surface area contributed by atoms with Crippen LogP contribution in [0.25, 0.3) is 0 Å². The highest BCUT2D eigenvalue weighted by molar-refractivity contribution is 5.77. The lowest BCUT2D eigenvalue weighted by molar-refractivity contribution is -0.192. The van der Waals surface area contributed by atoms with E-state index in [0.29, 0.717) is 17.8 Å². The minimum atomic E-state index is -0.396. The van der Waals surface area contributed by atoms with E-state index in [4.69, 9.17) is 9.47 Å². The van der Waals surface area contributed by atoms with E-state index < -0.39 is 5.41 Å². The summed E-state index contributed by atoms with van der Waals surface area (Å²) in [5.41, 5.74) is 1.26. The molecule has 0 heterocycles. The summed E-state index contributed by atoms with van der Waals surface area (Å²) in [4.78, 5) is 24.5. The van der Waals surface area contributed by atoms with Gasteiger partial charge in [-0.05, 0) is 74.5 Å². The maximum Gasteiger partial charge on any atom is 0.311 e. The average molecular weight is 375 g/mol. The van der Waals surface area contributed by atoms with Gasteiger partial charge in [-0.25, -0.2) is 0 Å². The minimum Gasteiger partial charge on any atom is -0.469 e. The smallest absolute Gasteiger partial charge is 0.311 e. The molecule has 0 unspecified atom stereocenters. The van der Waals surface area contributed by atoms with Gasteiger partial charge in [-0.15, -0.1) is 0 Å². The molecular formula is C23H34O4. The Balaban J connectivity index is 1.73. The van der Waals surface area contributed by atoms with Crippen LogP contribution in [0.4, 0.5) is 0 Å². The fourth-order valence-electron chi connectivity index (χ4n) is 8.11. The molecule has 4 fully saturated rings. The molecule has 0 amide bonds. The first-order chi connectivity index (χ1) is 12.7. The molecule has 4 nitrogen and oxygen atoms in total. The second kappa shape index (κ2) is 6.09. The van der Waals surface area contributed by atoms with Gasteiger partial charge in [-0.3, -0.25) is 9.59 Å². The van der Waals surface area contributed by atoms with Crippen molar-refractivity contribution in [2.24, 2.45) is 34.0 Å². The molecule has 0 aliphatic heterocycles. The van der Waals surface area contributed by atoms with Gasteiger partial charge in [-0.1, -0.05) is 25.5 Å². The number of ether oxygens (including phenoxy) is 2. The predicted octanol–water partition coefficient (Wildman–Crippen LogP) is 4.67. The van der Waals surface area contributed by atoms with Crippen LogP contribution in [0.5, 0.6) is 0 Å². The zero-order valence-corrected chi connectivity index (χ0v) is 17.3. The van der Waals surface area contributed by atoms with E-state index in [-0.39, 0.29) is 28.9 Å². The molecule has 0 aromatic carbocycles. The summed E-state index contributed by atoms with van der Waals surface area (Å²) in [6, 6.07) is 0. The number of carbonyl (C=O) groups is 2. The van der Waals surface area contributed by atoms with Gasteiger partial charge in [0.1, 0.15) is 6.10 Å². The van der Waals surface area contributed by atoms with E-state index in [1.165, 1.54) is 19.6 Å². The molecule has 4 heteroatoms. The van der Waals surface area contributed by atoms with Gasteiger partial charge in [0, 0.05) is 12.8 Å². The summed E-state index contributed by atoms with van der Waals surface area (Å²) in [5, 5.41) is 0. The number of hydrogen-bond acceptors (Lipinski definition) is 4. The SMILES string of the molecule is C=C1C[C@@]23CC[C@H]4[C@@](C)(CCC[C@@]4(C)C(=O)OC)[C@@H]2C[C@H](OC(C)=O)[C@H]1C3. The Morgan fingerprint density at radius 2 is 1.89 bits per heavy atom. The highest BCUT2D eigenvalue weighted by Gasteiger charge is 2.67. The molecular weight excluding hydrogens is 340 g/mol. The zero-order valence-electron chi connectivity index (χ0n) is 17.3. The maximum atomic E-state index is 12.8.